The van der Waals surface area contributed by atoms with Gasteiger partial charge in [0.25, 0.3) is 5.91 Å². The van der Waals surface area contributed by atoms with Gasteiger partial charge in [-0.3, -0.25) is 9.59 Å². The number of benzene rings is 2. The summed E-state index contributed by atoms with van der Waals surface area (Å²) in [5.41, 5.74) is 1.71. The third-order valence-corrected chi connectivity index (χ3v) is 3.97. The van der Waals surface area contributed by atoms with Crippen LogP contribution in [0.15, 0.2) is 60.2 Å². The molecule has 2 amide bonds. The van der Waals surface area contributed by atoms with Crippen LogP contribution in [-0.2, 0) is 14.3 Å². The lowest BCUT2D eigenvalue weighted by Crippen LogP contribution is -2.16. The van der Waals surface area contributed by atoms with E-state index in [-0.39, 0.29) is 5.57 Å². The molecule has 0 bridgehead atoms. The van der Waals surface area contributed by atoms with E-state index in [1.807, 2.05) is 0 Å². The van der Waals surface area contributed by atoms with Crippen molar-refractivity contribution < 1.29 is 23.9 Å². The highest BCUT2D eigenvalue weighted by molar-refractivity contribution is 6.10. The highest BCUT2D eigenvalue weighted by Crippen LogP contribution is 2.17. The second-order valence-electron chi connectivity index (χ2n) is 7.07. The summed E-state index contributed by atoms with van der Waals surface area (Å²) in [5.74, 6) is -0.145. The molecule has 0 heterocycles. The monoisotopic (exact) mass is 410 g/mol. The average Bonchev–Trinajstić information content (AvgIpc) is 2.73. The van der Waals surface area contributed by atoms with Gasteiger partial charge >= 0.3 is 5.97 Å². The SMILES string of the molecule is COC(=O)c1ccc(NC(=O)/C(C)=C/C(=O)Nc2ccc(OCC(C)C)cc2)cc1. The van der Waals surface area contributed by atoms with Gasteiger partial charge in [-0.2, -0.15) is 0 Å². The van der Waals surface area contributed by atoms with Crippen molar-refractivity contribution in [2.24, 2.45) is 5.92 Å². The molecule has 0 fully saturated rings. The molecular formula is C23H26N2O5. The Balaban J connectivity index is 1.91. The molecule has 0 atom stereocenters. The molecule has 0 aliphatic heterocycles. The highest BCUT2D eigenvalue weighted by atomic mass is 16.5. The van der Waals surface area contributed by atoms with E-state index in [0.717, 1.165) is 5.75 Å². The molecule has 7 heteroatoms. The van der Waals surface area contributed by atoms with Gasteiger partial charge in [0.2, 0.25) is 5.91 Å². The number of amides is 2. The standard InChI is InChI=1S/C23H26N2O5/c1-15(2)14-30-20-11-9-18(10-12-20)24-21(26)13-16(3)22(27)25-19-7-5-17(6-8-19)23(28)29-4/h5-13,15H,14H2,1-4H3,(H,24,26)(H,25,27)/b16-13+. The minimum absolute atomic E-state index is 0.237. The Bertz CT molecular complexity index is 916. The van der Waals surface area contributed by atoms with Crippen molar-refractivity contribution in [3.8, 4) is 5.75 Å². The third kappa shape index (κ3) is 7.09. The molecule has 2 N–H and O–H groups in total. The van der Waals surface area contributed by atoms with Crippen LogP contribution in [0.5, 0.6) is 5.75 Å². The van der Waals surface area contributed by atoms with E-state index in [9.17, 15) is 14.4 Å². The van der Waals surface area contributed by atoms with Crippen molar-refractivity contribution in [2.45, 2.75) is 20.8 Å². The predicted molar refractivity (Wildman–Crippen MR) is 116 cm³/mol. The lowest BCUT2D eigenvalue weighted by molar-refractivity contribution is -0.114. The molecule has 0 radical (unpaired) electrons. The first-order chi connectivity index (χ1) is 14.3. The van der Waals surface area contributed by atoms with Crippen LogP contribution in [-0.4, -0.2) is 31.5 Å². The van der Waals surface area contributed by atoms with Crippen molar-refractivity contribution in [1.29, 1.82) is 0 Å². The fraction of sp³-hybridized carbons (Fsp3) is 0.261. The van der Waals surface area contributed by atoms with E-state index in [4.69, 9.17) is 4.74 Å². The number of ether oxygens (including phenoxy) is 2. The number of hydrogen-bond acceptors (Lipinski definition) is 5. The number of nitrogens with one attached hydrogen (secondary N) is 2. The first-order valence-corrected chi connectivity index (χ1v) is 9.50. The van der Waals surface area contributed by atoms with E-state index >= 15 is 0 Å². The first-order valence-electron chi connectivity index (χ1n) is 9.50. The lowest BCUT2D eigenvalue weighted by atomic mass is 10.2. The van der Waals surface area contributed by atoms with Gasteiger partial charge in [-0.15, -0.1) is 0 Å². The van der Waals surface area contributed by atoms with Crippen LogP contribution in [0.2, 0.25) is 0 Å². The van der Waals surface area contributed by atoms with Crippen LogP contribution in [0.3, 0.4) is 0 Å². The van der Waals surface area contributed by atoms with Crippen molar-refractivity contribution in [3.63, 3.8) is 0 Å². The maximum absolute atomic E-state index is 12.3. The molecule has 0 unspecified atom stereocenters. The summed E-state index contributed by atoms with van der Waals surface area (Å²) in [7, 11) is 1.30. The minimum atomic E-state index is -0.458. The number of anilines is 2. The lowest BCUT2D eigenvalue weighted by Gasteiger charge is -2.09. The first kappa shape index (κ1) is 22.7. The van der Waals surface area contributed by atoms with Crippen LogP contribution in [0.1, 0.15) is 31.1 Å². The zero-order chi connectivity index (χ0) is 22.1. The molecule has 0 aliphatic carbocycles. The summed E-state index contributed by atoms with van der Waals surface area (Å²) in [6.45, 7) is 6.29. The number of methoxy groups -OCH3 is 1. The fourth-order valence-corrected chi connectivity index (χ4v) is 2.38. The van der Waals surface area contributed by atoms with E-state index in [0.29, 0.717) is 29.5 Å². The van der Waals surface area contributed by atoms with Crippen LogP contribution in [0, 0.1) is 5.92 Å². The van der Waals surface area contributed by atoms with Crippen LogP contribution in [0.25, 0.3) is 0 Å². The largest absolute Gasteiger partial charge is 0.493 e. The molecule has 2 aromatic rings. The van der Waals surface area contributed by atoms with Crippen molar-refractivity contribution in [2.75, 3.05) is 24.4 Å². The summed E-state index contributed by atoms with van der Waals surface area (Å²) in [5, 5.41) is 5.38. The summed E-state index contributed by atoms with van der Waals surface area (Å²) < 4.78 is 10.2. The number of carbonyl (C=O) groups excluding carboxylic acids is 3. The quantitative estimate of drug-likeness (QED) is 0.506. The topological polar surface area (TPSA) is 93.7 Å². The van der Waals surface area contributed by atoms with Gasteiger partial charge in [0.05, 0.1) is 19.3 Å². The smallest absolute Gasteiger partial charge is 0.337 e. The number of esters is 1. The van der Waals surface area contributed by atoms with Gasteiger partial charge in [0.1, 0.15) is 5.75 Å². The molecule has 0 aromatic heterocycles. The van der Waals surface area contributed by atoms with Gasteiger partial charge in [-0.1, -0.05) is 13.8 Å². The zero-order valence-electron chi connectivity index (χ0n) is 17.5. The Morgan fingerprint density at radius 2 is 1.50 bits per heavy atom. The summed E-state index contributed by atoms with van der Waals surface area (Å²) >= 11 is 0. The van der Waals surface area contributed by atoms with Crippen molar-refractivity contribution >= 4 is 29.2 Å². The van der Waals surface area contributed by atoms with Crippen molar-refractivity contribution in [1.82, 2.24) is 0 Å². The Kier molecular flexibility index (Phi) is 8.17. The molecule has 0 saturated carbocycles. The molecular weight excluding hydrogens is 384 g/mol. The molecule has 30 heavy (non-hydrogen) atoms. The van der Waals surface area contributed by atoms with E-state index in [1.54, 1.807) is 55.5 Å². The van der Waals surface area contributed by atoms with Crippen LogP contribution in [0.4, 0.5) is 11.4 Å². The second kappa shape index (κ2) is 10.8. The van der Waals surface area contributed by atoms with Gasteiger partial charge in [-0.05, 0) is 61.4 Å². The van der Waals surface area contributed by atoms with E-state index < -0.39 is 17.8 Å². The van der Waals surface area contributed by atoms with E-state index in [2.05, 4.69) is 29.2 Å². The molecule has 0 saturated heterocycles. The molecule has 2 rings (SSSR count). The van der Waals surface area contributed by atoms with Gasteiger partial charge in [0.15, 0.2) is 0 Å². The number of hydrogen-bond donors (Lipinski definition) is 2. The fourth-order valence-electron chi connectivity index (χ4n) is 2.38. The third-order valence-electron chi connectivity index (χ3n) is 3.97. The van der Waals surface area contributed by atoms with Gasteiger partial charge in [-0.25, -0.2) is 4.79 Å². The van der Waals surface area contributed by atoms with Crippen LogP contribution >= 0.6 is 0 Å². The average molecular weight is 410 g/mol. The Labute approximate surface area is 176 Å². The summed E-state index contributed by atoms with van der Waals surface area (Å²) in [6.07, 6.45) is 1.22. The maximum atomic E-state index is 12.3. The minimum Gasteiger partial charge on any atom is -0.493 e. The van der Waals surface area contributed by atoms with Gasteiger partial charge in [0, 0.05) is 23.0 Å². The Morgan fingerprint density at radius 1 is 0.933 bits per heavy atom. The second-order valence-corrected chi connectivity index (χ2v) is 7.07. The highest BCUT2D eigenvalue weighted by Gasteiger charge is 2.09. The Hall–Kier alpha value is -3.61. The molecule has 2 aromatic carbocycles. The van der Waals surface area contributed by atoms with Gasteiger partial charge < -0.3 is 20.1 Å². The zero-order valence-corrected chi connectivity index (χ0v) is 17.5. The molecule has 7 nitrogen and oxygen atoms in total. The number of carbonyl (C=O) groups is 3. The summed E-state index contributed by atoms with van der Waals surface area (Å²) in [4.78, 5) is 35.9. The molecule has 0 aliphatic rings. The van der Waals surface area contributed by atoms with Crippen molar-refractivity contribution in [3.05, 3.63) is 65.7 Å². The molecule has 0 spiro atoms. The number of rotatable bonds is 8. The summed E-state index contributed by atoms with van der Waals surface area (Å²) in [6, 6.07) is 13.3. The van der Waals surface area contributed by atoms with Crippen LogP contribution < -0.4 is 15.4 Å². The Morgan fingerprint density at radius 3 is 2.07 bits per heavy atom. The van der Waals surface area contributed by atoms with E-state index in [1.165, 1.54) is 13.2 Å². The maximum Gasteiger partial charge on any atom is 0.337 e. The normalized spacial score (nSPS) is 11.0. The molecule has 158 valence electrons. The predicted octanol–water partition coefficient (Wildman–Crippen LogP) is 4.03.